The van der Waals surface area contributed by atoms with Gasteiger partial charge in [0.2, 0.25) is 5.91 Å². The van der Waals surface area contributed by atoms with Gasteiger partial charge < -0.3 is 15.4 Å². The number of halogens is 1. The predicted octanol–water partition coefficient (Wildman–Crippen LogP) is 1.73. The van der Waals surface area contributed by atoms with Crippen LogP contribution in [-0.2, 0) is 9.53 Å². The van der Waals surface area contributed by atoms with E-state index in [-0.39, 0.29) is 24.4 Å². The molecule has 0 aliphatic carbocycles. The monoisotopic (exact) mass is 266 g/mol. The largest absolute Gasteiger partial charge is 0.369 e. The van der Waals surface area contributed by atoms with Crippen molar-refractivity contribution in [2.24, 2.45) is 0 Å². The topological polar surface area (TPSA) is 50.4 Å². The minimum absolute atomic E-state index is 0. The normalized spacial score (nSPS) is 11.7. The summed E-state index contributed by atoms with van der Waals surface area (Å²) in [6.45, 7) is 9.17. The molecule has 0 aliphatic heterocycles. The number of amides is 1. The van der Waals surface area contributed by atoms with E-state index in [1.165, 1.54) is 0 Å². The van der Waals surface area contributed by atoms with Gasteiger partial charge in [-0.15, -0.1) is 12.4 Å². The third-order valence-electron chi connectivity index (χ3n) is 2.26. The van der Waals surface area contributed by atoms with Gasteiger partial charge in [0.25, 0.3) is 0 Å². The number of ether oxygens (including phenoxy) is 1. The van der Waals surface area contributed by atoms with Gasteiger partial charge in [-0.1, -0.05) is 20.3 Å². The Hall–Kier alpha value is -0.320. The van der Waals surface area contributed by atoms with Crippen LogP contribution in [0.25, 0.3) is 0 Å². The standard InChI is InChI=1S/C12H26N2O2.ClH/c1-4-6-10-16-11(3)12(15)14-9-8-13-7-5-2;/h11,13H,4-10H2,1-3H3,(H,14,15);1H. The molecule has 0 aromatic heterocycles. The van der Waals surface area contributed by atoms with Crippen LogP contribution in [0.2, 0.25) is 0 Å². The average Bonchev–Trinajstić information content (AvgIpc) is 2.28. The number of nitrogens with one attached hydrogen (secondary N) is 2. The molecule has 0 saturated carbocycles. The summed E-state index contributed by atoms with van der Waals surface area (Å²) in [5.41, 5.74) is 0. The van der Waals surface area contributed by atoms with E-state index in [0.717, 1.165) is 32.4 Å². The molecule has 5 heteroatoms. The van der Waals surface area contributed by atoms with Crippen LogP contribution in [0.15, 0.2) is 0 Å². The molecule has 0 heterocycles. The lowest BCUT2D eigenvalue weighted by molar-refractivity contribution is -0.131. The van der Waals surface area contributed by atoms with E-state index in [9.17, 15) is 4.79 Å². The summed E-state index contributed by atoms with van der Waals surface area (Å²) in [6.07, 6.45) is 2.88. The van der Waals surface area contributed by atoms with Crippen molar-refractivity contribution in [3.05, 3.63) is 0 Å². The molecule has 4 nitrogen and oxygen atoms in total. The molecule has 0 rings (SSSR count). The number of hydrogen-bond donors (Lipinski definition) is 2. The highest BCUT2D eigenvalue weighted by Gasteiger charge is 2.11. The molecule has 104 valence electrons. The Labute approximate surface area is 111 Å². The third-order valence-corrected chi connectivity index (χ3v) is 2.26. The highest BCUT2D eigenvalue weighted by atomic mass is 35.5. The van der Waals surface area contributed by atoms with Crippen molar-refractivity contribution in [3.8, 4) is 0 Å². The molecule has 0 aromatic carbocycles. The van der Waals surface area contributed by atoms with Crippen LogP contribution in [0.4, 0.5) is 0 Å². The fraction of sp³-hybridized carbons (Fsp3) is 0.917. The van der Waals surface area contributed by atoms with Crippen molar-refractivity contribution in [2.75, 3.05) is 26.2 Å². The van der Waals surface area contributed by atoms with Gasteiger partial charge in [-0.3, -0.25) is 4.79 Å². The predicted molar refractivity (Wildman–Crippen MR) is 73.7 cm³/mol. The van der Waals surface area contributed by atoms with Gasteiger partial charge in [-0.05, 0) is 26.3 Å². The summed E-state index contributed by atoms with van der Waals surface area (Å²) < 4.78 is 5.39. The zero-order valence-electron chi connectivity index (χ0n) is 11.3. The first-order valence-corrected chi connectivity index (χ1v) is 6.32. The van der Waals surface area contributed by atoms with Gasteiger partial charge in [0, 0.05) is 19.7 Å². The van der Waals surface area contributed by atoms with E-state index in [1.54, 1.807) is 6.92 Å². The molecule has 2 N–H and O–H groups in total. The van der Waals surface area contributed by atoms with E-state index in [0.29, 0.717) is 13.2 Å². The lowest BCUT2D eigenvalue weighted by Gasteiger charge is -2.13. The molecular formula is C12H27ClN2O2. The SMILES string of the molecule is CCCCOC(C)C(=O)NCCNCCC.Cl. The lowest BCUT2D eigenvalue weighted by atomic mass is 10.3. The van der Waals surface area contributed by atoms with E-state index < -0.39 is 0 Å². The Balaban J connectivity index is 0. The molecule has 17 heavy (non-hydrogen) atoms. The van der Waals surface area contributed by atoms with Crippen molar-refractivity contribution in [2.45, 2.75) is 46.1 Å². The number of carbonyl (C=O) groups excluding carboxylic acids is 1. The fourth-order valence-electron chi connectivity index (χ4n) is 1.20. The van der Waals surface area contributed by atoms with E-state index in [2.05, 4.69) is 24.5 Å². The minimum Gasteiger partial charge on any atom is -0.369 e. The Morgan fingerprint density at radius 3 is 2.47 bits per heavy atom. The average molecular weight is 267 g/mol. The summed E-state index contributed by atoms with van der Waals surface area (Å²) in [7, 11) is 0. The highest BCUT2D eigenvalue weighted by molar-refractivity contribution is 5.85. The van der Waals surface area contributed by atoms with Crippen molar-refractivity contribution in [1.82, 2.24) is 10.6 Å². The lowest BCUT2D eigenvalue weighted by Crippen LogP contribution is -2.38. The van der Waals surface area contributed by atoms with Crippen LogP contribution in [0, 0.1) is 0 Å². The molecule has 1 unspecified atom stereocenters. The first-order chi connectivity index (χ1) is 7.72. The van der Waals surface area contributed by atoms with Crippen molar-refractivity contribution in [3.63, 3.8) is 0 Å². The summed E-state index contributed by atoms with van der Waals surface area (Å²) >= 11 is 0. The van der Waals surface area contributed by atoms with Crippen LogP contribution >= 0.6 is 12.4 Å². The Morgan fingerprint density at radius 2 is 1.88 bits per heavy atom. The Kier molecular flexibility index (Phi) is 15.4. The number of hydrogen-bond acceptors (Lipinski definition) is 3. The summed E-state index contributed by atoms with van der Waals surface area (Å²) in [6, 6.07) is 0. The zero-order valence-corrected chi connectivity index (χ0v) is 12.1. The number of unbranched alkanes of at least 4 members (excludes halogenated alkanes) is 1. The van der Waals surface area contributed by atoms with Crippen LogP contribution in [-0.4, -0.2) is 38.3 Å². The number of rotatable bonds is 10. The van der Waals surface area contributed by atoms with Crippen LogP contribution < -0.4 is 10.6 Å². The third kappa shape index (κ3) is 11.9. The van der Waals surface area contributed by atoms with E-state index >= 15 is 0 Å². The van der Waals surface area contributed by atoms with Gasteiger partial charge >= 0.3 is 0 Å². The molecule has 1 amide bonds. The maximum absolute atomic E-state index is 11.5. The molecule has 0 saturated heterocycles. The molecule has 0 radical (unpaired) electrons. The zero-order chi connectivity index (χ0) is 12.2. The van der Waals surface area contributed by atoms with Gasteiger partial charge in [0.05, 0.1) is 0 Å². The molecule has 0 fully saturated rings. The summed E-state index contributed by atoms with van der Waals surface area (Å²) in [5, 5.41) is 6.07. The van der Waals surface area contributed by atoms with E-state index in [1.807, 2.05) is 0 Å². The smallest absolute Gasteiger partial charge is 0.248 e. The fourth-order valence-corrected chi connectivity index (χ4v) is 1.20. The van der Waals surface area contributed by atoms with Crippen LogP contribution in [0.5, 0.6) is 0 Å². The Morgan fingerprint density at radius 1 is 1.18 bits per heavy atom. The van der Waals surface area contributed by atoms with Crippen molar-refractivity contribution < 1.29 is 9.53 Å². The molecular weight excluding hydrogens is 240 g/mol. The Bertz CT molecular complexity index is 180. The second kappa shape index (κ2) is 13.7. The minimum atomic E-state index is -0.335. The molecule has 0 aliphatic rings. The molecule has 0 aromatic rings. The van der Waals surface area contributed by atoms with E-state index in [4.69, 9.17) is 4.74 Å². The van der Waals surface area contributed by atoms with Crippen LogP contribution in [0.1, 0.15) is 40.0 Å². The highest BCUT2D eigenvalue weighted by Crippen LogP contribution is 1.94. The molecule has 1 atom stereocenters. The summed E-state index contributed by atoms with van der Waals surface area (Å²) in [5.74, 6) is -0.0191. The molecule has 0 bridgehead atoms. The number of carbonyl (C=O) groups is 1. The quantitative estimate of drug-likeness (QED) is 0.592. The second-order valence-electron chi connectivity index (χ2n) is 3.91. The molecule has 0 spiro atoms. The van der Waals surface area contributed by atoms with Crippen molar-refractivity contribution in [1.29, 1.82) is 0 Å². The van der Waals surface area contributed by atoms with Crippen LogP contribution in [0.3, 0.4) is 0 Å². The van der Waals surface area contributed by atoms with Gasteiger partial charge in [-0.2, -0.15) is 0 Å². The first kappa shape index (κ1) is 19.0. The van der Waals surface area contributed by atoms with Gasteiger partial charge in [0.1, 0.15) is 6.10 Å². The van der Waals surface area contributed by atoms with Crippen molar-refractivity contribution >= 4 is 18.3 Å². The first-order valence-electron chi connectivity index (χ1n) is 6.32. The van der Waals surface area contributed by atoms with Gasteiger partial charge in [-0.25, -0.2) is 0 Å². The maximum atomic E-state index is 11.5. The summed E-state index contributed by atoms with van der Waals surface area (Å²) in [4.78, 5) is 11.5. The second-order valence-corrected chi connectivity index (χ2v) is 3.91. The van der Waals surface area contributed by atoms with Gasteiger partial charge in [0.15, 0.2) is 0 Å². The maximum Gasteiger partial charge on any atom is 0.248 e.